The first-order chi connectivity index (χ1) is 7.13. The summed E-state index contributed by atoms with van der Waals surface area (Å²) < 4.78 is 0.863. The number of fused-ring (bicyclic) bond motifs is 1. The van der Waals surface area contributed by atoms with Gasteiger partial charge >= 0.3 is 5.69 Å². The lowest BCUT2D eigenvalue weighted by molar-refractivity contribution is 0.476. The van der Waals surface area contributed by atoms with Crippen LogP contribution in [0.5, 0.6) is 5.75 Å². The Morgan fingerprint density at radius 3 is 2.80 bits per heavy atom. The minimum atomic E-state index is -0.555. The maximum absolute atomic E-state index is 11.7. The van der Waals surface area contributed by atoms with Gasteiger partial charge < -0.3 is 15.8 Å². The van der Waals surface area contributed by atoms with Crippen molar-refractivity contribution in [2.24, 2.45) is 5.73 Å². The summed E-state index contributed by atoms with van der Waals surface area (Å²) in [4.78, 5) is 25.5. The second-order valence-electron chi connectivity index (χ2n) is 3.08. The highest BCUT2D eigenvalue weighted by Gasteiger charge is 2.06. The molecule has 0 atom stereocenters. The van der Waals surface area contributed by atoms with E-state index in [2.05, 4.69) is 4.98 Å². The molecule has 4 N–H and O–H groups in total. The van der Waals surface area contributed by atoms with Crippen LogP contribution in [0.4, 0.5) is 0 Å². The van der Waals surface area contributed by atoms with Crippen molar-refractivity contribution in [1.82, 2.24) is 9.55 Å². The number of nitrogens with zero attached hydrogens (tertiary/aromatic N) is 1. The smallest absolute Gasteiger partial charge is 0.329 e. The van der Waals surface area contributed by atoms with Crippen molar-refractivity contribution >= 4 is 10.9 Å². The van der Waals surface area contributed by atoms with Crippen LogP contribution in [0.1, 0.15) is 0 Å². The highest BCUT2D eigenvalue weighted by molar-refractivity contribution is 5.78. The third-order valence-electron chi connectivity index (χ3n) is 2.15. The molecule has 6 heteroatoms. The van der Waals surface area contributed by atoms with Crippen LogP contribution in [0.25, 0.3) is 10.9 Å². The molecule has 0 fully saturated rings. The molecule has 0 saturated carbocycles. The highest BCUT2D eigenvalue weighted by Crippen LogP contribution is 2.13. The number of hydrogen-bond donors (Lipinski definition) is 3. The number of hydrogen-bond acceptors (Lipinski definition) is 4. The Morgan fingerprint density at radius 1 is 1.40 bits per heavy atom. The van der Waals surface area contributed by atoms with Gasteiger partial charge in [0.25, 0.3) is 5.56 Å². The fourth-order valence-electron chi connectivity index (χ4n) is 1.40. The summed E-state index contributed by atoms with van der Waals surface area (Å²) in [6.07, 6.45) is 0. The maximum Gasteiger partial charge on any atom is 0.329 e. The average Bonchev–Trinajstić information content (AvgIpc) is 2.20. The van der Waals surface area contributed by atoms with E-state index in [-0.39, 0.29) is 17.8 Å². The predicted octanol–water partition coefficient (Wildman–Crippen LogP) is -0.688. The van der Waals surface area contributed by atoms with E-state index in [4.69, 9.17) is 5.73 Å². The number of H-pyrrole nitrogens is 1. The standard InChI is InChI=1S/C9H9N3O3/c10-4-12-8(14)6-3-5(13)1-2-7(6)11-9(12)15/h1-3,13H,4,10H2,(H,11,15). The van der Waals surface area contributed by atoms with Crippen molar-refractivity contribution in [2.45, 2.75) is 6.67 Å². The molecular formula is C9H9N3O3. The second-order valence-corrected chi connectivity index (χ2v) is 3.08. The topological polar surface area (TPSA) is 101 Å². The molecule has 0 amide bonds. The van der Waals surface area contributed by atoms with Gasteiger partial charge in [-0.05, 0) is 18.2 Å². The number of benzene rings is 1. The molecule has 0 unspecified atom stereocenters. The van der Waals surface area contributed by atoms with E-state index in [0.717, 1.165) is 4.57 Å². The molecule has 1 heterocycles. The summed E-state index contributed by atoms with van der Waals surface area (Å²) in [6.45, 7) is -0.195. The van der Waals surface area contributed by atoms with Crippen molar-refractivity contribution in [3.05, 3.63) is 39.0 Å². The number of rotatable bonds is 1. The summed E-state index contributed by atoms with van der Waals surface area (Å²) in [5.41, 5.74) is 4.58. The summed E-state index contributed by atoms with van der Waals surface area (Å²) in [5.74, 6) is -0.0322. The molecule has 6 nitrogen and oxygen atoms in total. The Bertz CT molecular complexity index is 627. The van der Waals surface area contributed by atoms with Crippen LogP contribution in [0.3, 0.4) is 0 Å². The lowest BCUT2D eigenvalue weighted by Gasteiger charge is -2.03. The summed E-state index contributed by atoms with van der Waals surface area (Å²) >= 11 is 0. The maximum atomic E-state index is 11.7. The Kier molecular flexibility index (Phi) is 2.05. The first kappa shape index (κ1) is 9.47. The quantitative estimate of drug-likeness (QED) is 0.576. The monoisotopic (exact) mass is 207 g/mol. The Labute approximate surface area is 83.6 Å². The molecule has 0 radical (unpaired) electrons. The average molecular weight is 207 g/mol. The van der Waals surface area contributed by atoms with Crippen LogP contribution >= 0.6 is 0 Å². The van der Waals surface area contributed by atoms with Gasteiger partial charge in [0, 0.05) is 0 Å². The molecular weight excluding hydrogens is 198 g/mol. The van der Waals surface area contributed by atoms with Gasteiger partial charge in [-0.25, -0.2) is 9.36 Å². The predicted molar refractivity (Wildman–Crippen MR) is 54.7 cm³/mol. The fraction of sp³-hybridized carbons (Fsp3) is 0.111. The number of aromatic nitrogens is 2. The van der Waals surface area contributed by atoms with Crippen molar-refractivity contribution in [1.29, 1.82) is 0 Å². The molecule has 78 valence electrons. The second kappa shape index (κ2) is 3.25. The molecule has 0 aliphatic rings. The largest absolute Gasteiger partial charge is 0.508 e. The summed E-state index contributed by atoms with van der Waals surface area (Å²) in [7, 11) is 0. The first-order valence-corrected chi connectivity index (χ1v) is 4.29. The minimum absolute atomic E-state index is 0.0322. The number of nitrogens with two attached hydrogens (primary N) is 1. The molecule has 0 aliphatic carbocycles. The van der Waals surface area contributed by atoms with Crippen LogP contribution in [0.15, 0.2) is 27.8 Å². The SMILES string of the molecule is NCn1c(=O)[nH]c2ccc(O)cc2c1=O. The Balaban J connectivity index is 2.99. The van der Waals surface area contributed by atoms with Gasteiger partial charge in [0.1, 0.15) is 5.75 Å². The van der Waals surface area contributed by atoms with E-state index >= 15 is 0 Å². The normalized spacial score (nSPS) is 10.7. The zero-order chi connectivity index (χ0) is 11.0. The van der Waals surface area contributed by atoms with Crippen molar-refractivity contribution < 1.29 is 5.11 Å². The molecule has 15 heavy (non-hydrogen) atoms. The van der Waals surface area contributed by atoms with Crippen LogP contribution in [0.2, 0.25) is 0 Å². The van der Waals surface area contributed by atoms with E-state index in [1.54, 1.807) is 0 Å². The number of phenols is 1. The van der Waals surface area contributed by atoms with Crippen LogP contribution in [-0.2, 0) is 6.67 Å². The fourth-order valence-corrected chi connectivity index (χ4v) is 1.40. The van der Waals surface area contributed by atoms with Gasteiger partial charge in [-0.2, -0.15) is 0 Å². The van der Waals surface area contributed by atoms with Crippen molar-refractivity contribution in [3.8, 4) is 5.75 Å². The van der Waals surface area contributed by atoms with Gasteiger partial charge in [0.2, 0.25) is 0 Å². The third-order valence-corrected chi connectivity index (χ3v) is 2.15. The molecule has 0 spiro atoms. The van der Waals surface area contributed by atoms with Crippen molar-refractivity contribution in [3.63, 3.8) is 0 Å². The van der Waals surface area contributed by atoms with Crippen molar-refractivity contribution in [2.75, 3.05) is 0 Å². The minimum Gasteiger partial charge on any atom is -0.508 e. The number of aromatic amines is 1. The molecule has 2 rings (SSSR count). The molecule has 0 bridgehead atoms. The van der Waals surface area contributed by atoms with E-state index < -0.39 is 11.2 Å². The highest BCUT2D eigenvalue weighted by atomic mass is 16.3. The van der Waals surface area contributed by atoms with Crippen LogP contribution in [0, 0.1) is 0 Å². The Hall–Kier alpha value is -2.08. The van der Waals surface area contributed by atoms with E-state index in [0.29, 0.717) is 5.52 Å². The Morgan fingerprint density at radius 2 is 2.13 bits per heavy atom. The van der Waals surface area contributed by atoms with Gasteiger partial charge in [-0.3, -0.25) is 4.79 Å². The number of phenolic OH excluding ortho intramolecular Hbond substituents is 1. The summed E-state index contributed by atoms with van der Waals surface area (Å²) in [6, 6.07) is 4.15. The lowest BCUT2D eigenvalue weighted by atomic mass is 10.2. The van der Waals surface area contributed by atoms with Gasteiger partial charge in [-0.15, -0.1) is 0 Å². The van der Waals surface area contributed by atoms with Crippen LogP contribution in [-0.4, -0.2) is 14.7 Å². The number of aromatic hydroxyl groups is 1. The molecule has 0 aliphatic heterocycles. The zero-order valence-corrected chi connectivity index (χ0v) is 7.73. The third kappa shape index (κ3) is 1.40. The van der Waals surface area contributed by atoms with Gasteiger partial charge in [0.05, 0.1) is 17.6 Å². The van der Waals surface area contributed by atoms with Crippen LogP contribution < -0.4 is 17.0 Å². The molecule has 2 aromatic rings. The van der Waals surface area contributed by atoms with Gasteiger partial charge in [0.15, 0.2) is 0 Å². The van der Waals surface area contributed by atoms with E-state index in [1.165, 1.54) is 18.2 Å². The first-order valence-electron chi connectivity index (χ1n) is 4.29. The zero-order valence-electron chi connectivity index (χ0n) is 7.73. The van der Waals surface area contributed by atoms with E-state index in [1.807, 2.05) is 0 Å². The lowest BCUT2D eigenvalue weighted by Crippen LogP contribution is -2.37. The molecule has 0 saturated heterocycles. The number of nitrogens with one attached hydrogen (secondary N) is 1. The molecule has 1 aromatic carbocycles. The summed E-state index contributed by atoms with van der Waals surface area (Å²) in [5, 5.41) is 9.45. The van der Waals surface area contributed by atoms with Gasteiger partial charge in [-0.1, -0.05) is 0 Å². The van der Waals surface area contributed by atoms with E-state index in [9.17, 15) is 14.7 Å². The molecule has 1 aromatic heterocycles.